The van der Waals surface area contributed by atoms with Gasteiger partial charge in [-0.15, -0.1) is 0 Å². The van der Waals surface area contributed by atoms with Gasteiger partial charge in [0.1, 0.15) is 0 Å². The summed E-state index contributed by atoms with van der Waals surface area (Å²) in [7, 11) is 0. The second kappa shape index (κ2) is 9.34. The second-order valence-corrected chi connectivity index (χ2v) is 5.35. The Morgan fingerprint density at radius 3 is 2.61 bits per heavy atom. The highest BCUT2D eigenvalue weighted by Crippen LogP contribution is 2.11. The standard InChI is InChI=1S/C14H29N3O/c1-13(17-10-6-3-7-11-17)12-16-14(18)8-4-2-5-9-15/h13H,2-12,15H2,1H3,(H,16,18). The molecule has 1 saturated heterocycles. The average Bonchev–Trinajstić information content (AvgIpc) is 2.42. The monoisotopic (exact) mass is 255 g/mol. The summed E-state index contributed by atoms with van der Waals surface area (Å²) in [6, 6.07) is 0.471. The van der Waals surface area contributed by atoms with Crippen molar-refractivity contribution in [3.63, 3.8) is 0 Å². The van der Waals surface area contributed by atoms with Crippen LogP contribution in [0.15, 0.2) is 0 Å². The molecule has 0 radical (unpaired) electrons. The molecule has 4 heteroatoms. The minimum Gasteiger partial charge on any atom is -0.355 e. The number of nitrogens with one attached hydrogen (secondary N) is 1. The molecule has 1 fully saturated rings. The predicted molar refractivity (Wildman–Crippen MR) is 75.4 cm³/mol. The molecule has 1 rings (SSSR count). The van der Waals surface area contributed by atoms with E-state index in [-0.39, 0.29) is 5.91 Å². The van der Waals surface area contributed by atoms with Gasteiger partial charge in [-0.25, -0.2) is 0 Å². The van der Waals surface area contributed by atoms with Crippen molar-refractivity contribution < 1.29 is 4.79 Å². The molecule has 0 aromatic rings. The van der Waals surface area contributed by atoms with E-state index >= 15 is 0 Å². The molecule has 0 aromatic carbocycles. The van der Waals surface area contributed by atoms with Gasteiger partial charge in [0.15, 0.2) is 0 Å². The van der Waals surface area contributed by atoms with Crippen molar-refractivity contribution >= 4 is 5.91 Å². The Morgan fingerprint density at radius 1 is 1.22 bits per heavy atom. The number of carbonyl (C=O) groups is 1. The van der Waals surface area contributed by atoms with Crippen molar-refractivity contribution in [2.45, 2.75) is 57.9 Å². The van der Waals surface area contributed by atoms with Crippen LogP contribution in [0.2, 0.25) is 0 Å². The smallest absolute Gasteiger partial charge is 0.220 e. The fourth-order valence-corrected chi connectivity index (χ4v) is 2.44. The van der Waals surface area contributed by atoms with Gasteiger partial charge >= 0.3 is 0 Å². The van der Waals surface area contributed by atoms with Crippen LogP contribution in [0, 0.1) is 0 Å². The first kappa shape index (κ1) is 15.4. The lowest BCUT2D eigenvalue weighted by atomic mass is 10.1. The van der Waals surface area contributed by atoms with Crippen LogP contribution in [-0.2, 0) is 4.79 Å². The van der Waals surface area contributed by atoms with E-state index in [4.69, 9.17) is 5.73 Å². The summed E-state index contributed by atoms with van der Waals surface area (Å²) in [5, 5.41) is 3.04. The first-order valence-electron chi connectivity index (χ1n) is 7.45. The summed E-state index contributed by atoms with van der Waals surface area (Å²) in [6.07, 6.45) is 7.66. The lowest BCUT2D eigenvalue weighted by Gasteiger charge is -2.32. The van der Waals surface area contributed by atoms with Crippen molar-refractivity contribution in [1.29, 1.82) is 0 Å². The predicted octanol–water partition coefficient (Wildman–Crippen LogP) is 1.50. The number of rotatable bonds is 8. The average molecular weight is 255 g/mol. The van der Waals surface area contributed by atoms with Crippen molar-refractivity contribution in [3.05, 3.63) is 0 Å². The van der Waals surface area contributed by atoms with Gasteiger partial charge in [-0.3, -0.25) is 9.69 Å². The van der Waals surface area contributed by atoms with Crippen molar-refractivity contribution in [2.75, 3.05) is 26.2 Å². The highest BCUT2D eigenvalue weighted by Gasteiger charge is 2.16. The molecule has 0 bridgehead atoms. The number of unbranched alkanes of at least 4 members (excludes halogenated alkanes) is 2. The van der Waals surface area contributed by atoms with Crippen LogP contribution in [0.5, 0.6) is 0 Å². The molecule has 18 heavy (non-hydrogen) atoms. The number of hydrogen-bond donors (Lipinski definition) is 2. The maximum Gasteiger partial charge on any atom is 0.220 e. The summed E-state index contributed by atoms with van der Waals surface area (Å²) in [5.74, 6) is 0.191. The molecule has 0 saturated carbocycles. The zero-order valence-electron chi connectivity index (χ0n) is 11.8. The zero-order chi connectivity index (χ0) is 13.2. The van der Waals surface area contributed by atoms with Crippen molar-refractivity contribution in [1.82, 2.24) is 10.2 Å². The van der Waals surface area contributed by atoms with Crippen LogP contribution >= 0.6 is 0 Å². The number of hydrogen-bond acceptors (Lipinski definition) is 3. The fraction of sp³-hybridized carbons (Fsp3) is 0.929. The molecule has 4 nitrogen and oxygen atoms in total. The van der Waals surface area contributed by atoms with E-state index in [9.17, 15) is 4.79 Å². The van der Waals surface area contributed by atoms with Gasteiger partial charge in [0.05, 0.1) is 0 Å². The summed E-state index contributed by atoms with van der Waals surface area (Å²) < 4.78 is 0. The van der Waals surface area contributed by atoms with E-state index in [0.29, 0.717) is 12.5 Å². The number of nitrogens with zero attached hydrogens (tertiary/aromatic N) is 1. The lowest BCUT2D eigenvalue weighted by molar-refractivity contribution is -0.121. The number of nitrogens with two attached hydrogens (primary N) is 1. The zero-order valence-corrected chi connectivity index (χ0v) is 11.8. The molecule has 0 aliphatic carbocycles. The quantitative estimate of drug-likeness (QED) is 0.646. The first-order valence-corrected chi connectivity index (χ1v) is 7.45. The van der Waals surface area contributed by atoms with Crippen LogP contribution in [0.4, 0.5) is 0 Å². The van der Waals surface area contributed by atoms with Crippen LogP contribution < -0.4 is 11.1 Å². The minimum atomic E-state index is 0.191. The number of amides is 1. The molecule has 0 spiro atoms. The van der Waals surface area contributed by atoms with Crippen molar-refractivity contribution in [2.24, 2.45) is 5.73 Å². The third-order valence-electron chi connectivity index (χ3n) is 3.72. The molecule has 1 atom stereocenters. The van der Waals surface area contributed by atoms with E-state index in [1.807, 2.05) is 0 Å². The van der Waals surface area contributed by atoms with Crippen molar-refractivity contribution in [3.8, 4) is 0 Å². The second-order valence-electron chi connectivity index (χ2n) is 5.35. The van der Waals surface area contributed by atoms with Gasteiger partial charge in [-0.1, -0.05) is 12.8 Å². The van der Waals surface area contributed by atoms with Crippen LogP contribution in [-0.4, -0.2) is 43.0 Å². The molecule has 1 heterocycles. The lowest BCUT2D eigenvalue weighted by Crippen LogP contribution is -2.44. The molecule has 1 aliphatic heterocycles. The normalized spacial score (nSPS) is 18.6. The van der Waals surface area contributed by atoms with Gasteiger partial charge in [0, 0.05) is 19.0 Å². The Bertz CT molecular complexity index is 227. The highest BCUT2D eigenvalue weighted by molar-refractivity contribution is 5.75. The summed E-state index contributed by atoms with van der Waals surface area (Å²) in [4.78, 5) is 14.1. The third kappa shape index (κ3) is 6.36. The maximum atomic E-state index is 11.6. The summed E-state index contributed by atoms with van der Waals surface area (Å²) in [5.41, 5.74) is 5.42. The van der Waals surface area contributed by atoms with E-state index in [1.54, 1.807) is 0 Å². The van der Waals surface area contributed by atoms with Gasteiger partial charge < -0.3 is 11.1 Å². The molecule has 1 aliphatic rings. The van der Waals surface area contributed by atoms with Gasteiger partial charge in [-0.2, -0.15) is 0 Å². The van der Waals surface area contributed by atoms with E-state index in [2.05, 4.69) is 17.1 Å². The SMILES string of the molecule is CC(CNC(=O)CCCCCN)N1CCCCC1. The summed E-state index contributed by atoms with van der Waals surface area (Å²) >= 11 is 0. The molecule has 1 amide bonds. The Morgan fingerprint density at radius 2 is 1.94 bits per heavy atom. The minimum absolute atomic E-state index is 0.191. The van der Waals surface area contributed by atoms with E-state index < -0.39 is 0 Å². The molecule has 3 N–H and O–H groups in total. The van der Waals surface area contributed by atoms with Crippen LogP contribution in [0.3, 0.4) is 0 Å². The number of likely N-dealkylation sites (tertiary alicyclic amines) is 1. The van der Waals surface area contributed by atoms with E-state index in [1.165, 1.54) is 32.4 Å². The Balaban J connectivity index is 2.05. The van der Waals surface area contributed by atoms with Crippen LogP contribution in [0.1, 0.15) is 51.9 Å². The summed E-state index contributed by atoms with van der Waals surface area (Å²) in [6.45, 7) is 6.10. The van der Waals surface area contributed by atoms with Gasteiger partial charge in [0.2, 0.25) is 5.91 Å². The Hall–Kier alpha value is -0.610. The molecule has 106 valence electrons. The van der Waals surface area contributed by atoms with Gasteiger partial charge in [-0.05, 0) is 52.2 Å². The number of carbonyl (C=O) groups excluding carboxylic acids is 1. The topological polar surface area (TPSA) is 58.4 Å². The third-order valence-corrected chi connectivity index (χ3v) is 3.72. The molecular weight excluding hydrogens is 226 g/mol. The number of piperidine rings is 1. The first-order chi connectivity index (χ1) is 8.74. The van der Waals surface area contributed by atoms with E-state index in [0.717, 1.165) is 32.4 Å². The highest BCUT2D eigenvalue weighted by atomic mass is 16.1. The fourth-order valence-electron chi connectivity index (χ4n) is 2.44. The van der Waals surface area contributed by atoms with Gasteiger partial charge in [0.25, 0.3) is 0 Å². The maximum absolute atomic E-state index is 11.6. The molecular formula is C14H29N3O. The molecule has 0 aromatic heterocycles. The Labute approximate surface area is 111 Å². The molecule has 1 unspecified atom stereocenters. The largest absolute Gasteiger partial charge is 0.355 e. The van der Waals surface area contributed by atoms with Crippen LogP contribution in [0.25, 0.3) is 0 Å². The Kier molecular flexibility index (Phi) is 8.01.